The minimum absolute atomic E-state index is 0.0843. The summed E-state index contributed by atoms with van der Waals surface area (Å²) in [5, 5.41) is 3.50. The van der Waals surface area contributed by atoms with Crippen LogP contribution in [-0.4, -0.2) is 108 Å². The van der Waals surface area contributed by atoms with Crippen LogP contribution in [0.2, 0.25) is 0 Å². The first-order chi connectivity index (χ1) is 23.2. The van der Waals surface area contributed by atoms with E-state index in [0.29, 0.717) is 69.5 Å². The maximum atomic E-state index is 12.6. The normalized spacial score (nSPS) is 13.8. The molecule has 1 fully saturated rings. The standard InChI is InChI=1S/C34H51N7O8/c1-33(2,3)48-26(42)21-46-13-9-12-36-17-24-16-22(25-18-40(19-25)32(43)49-34(4,5)6)10-11-23(24)20-41-29-27(37-31(41)45-8)28(35)38-30(39-29)47-15-14-44-7/h10-11,16,25,36H,9,12-15,17-21H2,1-8H3,(H2,35,38,39). The smallest absolute Gasteiger partial charge is 0.410 e. The van der Waals surface area contributed by atoms with Gasteiger partial charge in [0, 0.05) is 39.3 Å². The molecule has 0 aliphatic carbocycles. The van der Waals surface area contributed by atoms with Crippen LogP contribution in [0.3, 0.4) is 0 Å². The molecule has 0 spiro atoms. The van der Waals surface area contributed by atoms with Gasteiger partial charge in [-0.05, 0) is 71.2 Å². The van der Waals surface area contributed by atoms with Gasteiger partial charge in [-0.25, -0.2) is 9.59 Å². The number of methoxy groups -OCH3 is 2. The zero-order valence-electron chi connectivity index (χ0n) is 30.0. The molecule has 0 atom stereocenters. The molecule has 1 aromatic carbocycles. The highest BCUT2D eigenvalue weighted by Crippen LogP contribution is 2.32. The SMILES string of the molecule is COCCOc1nc(N)c2nc(OC)n(Cc3ccc(C4CN(C(=O)OC(C)(C)C)C4)cc3CNCCCOCC(=O)OC(C)(C)C)c2n1. The molecular formula is C34H51N7O8. The van der Waals surface area contributed by atoms with Crippen LogP contribution in [0.25, 0.3) is 11.2 Å². The summed E-state index contributed by atoms with van der Waals surface area (Å²) in [6.07, 6.45) is 0.398. The van der Waals surface area contributed by atoms with E-state index in [1.54, 1.807) is 19.1 Å². The molecule has 15 heteroatoms. The van der Waals surface area contributed by atoms with Gasteiger partial charge in [-0.2, -0.15) is 15.0 Å². The van der Waals surface area contributed by atoms with Crippen molar-refractivity contribution < 1.29 is 38.0 Å². The monoisotopic (exact) mass is 685 g/mol. The molecule has 1 aliphatic heterocycles. The highest BCUT2D eigenvalue weighted by molar-refractivity contribution is 5.83. The number of nitrogen functional groups attached to an aromatic ring is 1. The molecule has 2 aromatic heterocycles. The Labute approximate surface area is 287 Å². The van der Waals surface area contributed by atoms with Gasteiger partial charge in [0.1, 0.15) is 24.4 Å². The molecule has 0 unspecified atom stereocenters. The van der Waals surface area contributed by atoms with Gasteiger partial charge < -0.3 is 44.4 Å². The second-order valence-corrected chi connectivity index (χ2v) is 13.9. The Balaban J connectivity index is 1.49. The van der Waals surface area contributed by atoms with Crippen molar-refractivity contribution in [3.63, 3.8) is 0 Å². The number of anilines is 1. The molecule has 0 saturated carbocycles. The number of likely N-dealkylation sites (tertiary alicyclic amines) is 1. The lowest BCUT2D eigenvalue weighted by Gasteiger charge is -2.40. The first-order valence-electron chi connectivity index (χ1n) is 16.5. The molecule has 0 bridgehead atoms. The van der Waals surface area contributed by atoms with Gasteiger partial charge in [-0.15, -0.1) is 0 Å². The number of nitrogens with two attached hydrogens (primary N) is 1. The first kappa shape index (κ1) is 37.6. The fourth-order valence-electron chi connectivity index (χ4n) is 5.16. The average molecular weight is 686 g/mol. The van der Waals surface area contributed by atoms with E-state index in [1.807, 2.05) is 46.1 Å². The molecule has 270 valence electrons. The predicted octanol–water partition coefficient (Wildman–Crippen LogP) is 3.66. The molecular weight excluding hydrogens is 634 g/mol. The van der Waals surface area contributed by atoms with Crippen molar-refractivity contribution in [2.24, 2.45) is 0 Å². The molecule has 3 heterocycles. The molecule has 3 aromatic rings. The van der Waals surface area contributed by atoms with Gasteiger partial charge in [-0.1, -0.05) is 18.2 Å². The Morgan fingerprint density at radius 3 is 2.37 bits per heavy atom. The number of nitrogens with one attached hydrogen (secondary N) is 1. The number of amides is 1. The highest BCUT2D eigenvalue weighted by Gasteiger charge is 2.35. The van der Waals surface area contributed by atoms with Gasteiger partial charge in [0.15, 0.2) is 17.0 Å². The largest absolute Gasteiger partial charge is 0.468 e. The predicted molar refractivity (Wildman–Crippen MR) is 183 cm³/mol. The maximum absolute atomic E-state index is 12.6. The molecule has 15 nitrogen and oxygen atoms in total. The lowest BCUT2D eigenvalue weighted by molar-refractivity contribution is -0.160. The summed E-state index contributed by atoms with van der Waals surface area (Å²) < 4.78 is 34.5. The quantitative estimate of drug-likeness (QED) is 0.165. The van der Waals surface area contributed by atoms with Crippen LogP contribution in [0.1, 0.15) is 70.6 Å². The molecule has 1 amide bonds. The van der Waals surface area contributed by atoms with E-state index in [1.165, 1.54) is 0 Å². The van der Waals surface area contributed by atoms with Crippen LogP contribution in [0.5, 0.6) is 12.0 Å². The fraction of sp³-hybridized carbons (Fsp3) is 0.618. The number of benzene rings is 1. The molecule has 3 N–H and O–H groups in total. The first-order valence-corrected chi connectivity index (χ1v) is 16.5. The number of aromatic nitrogens is 4. The number of esters is 1. The van der Waals surface area contributed by atoms with Crippen LogP contribution in [0.15, 0.2) is 18.2 Å². The molecule has 0 radical (unpaired) electrons. The second kappa shape index (κ2) is 16.5. The van der Waals surface area contributed by atoms with E-state index in [4.69, 9.17) is 34.2 Å². The summed E-state index contributed by atoms with van der Waals surface area (Å²) in [5.74, 6) is -0.0177. The number of ether oxygens (including phenoxy) is 6. The Bertz CT molecular complexity index is 1580. The van der Waals surface area contributed by atoms with E-state index >= 15 is 0 Å². The third-order valence-electron chi connectivity index (χ3n) is 7.43. The van der Waals surface area contributed by atoms with Gasteiger partial charge in [0.2, 0.25) is 0 Å². The van der Waals surface area contributed by atoms with Gasteiger partial charge in [-0.3, -0.25) is 4.57 Å². The molecule has 1 aliphatic rings. The summed E-state index contributed by atoms with van der Waals surface area (Å²) in [4.78, 5) is 39.6. The number of carbonyl (C=O) groups is 2. The summed E-state index contributed by atoms with van der Waals surface area (Å²) in [7, 11) is 3.13. The molecule has 1 saturated heterocycles. The van der Waals surface area contributed by atoms with Crippen LogP contribution in [0.4, 0.5) is 10.6 Å². The summed E-state index contributed by atoms with van der Waals surface area (Å²) >= 11 is 0. The Hall–Kier alpha value is -4.21. The Morgan fingerprint density at radius 2 is 1.69 bits per heavy atom. The van der Waals surface area contributed by atoms with Crippen molar-refractivity contribution >= 4 is 29.0 Å². The van der Waals surface area contributed by atoms with Crippen LogP contribution < -0.4 is 20.5 Å². The zero-order valence-corrected chi connectivity index (χ0v) is 30.0. The highest BCUT2D eigenvalue weighted by atomic mass is 16.6. The summed E-state index contributed by atoms with van der Waals surface area (Å²) in [6.45, 7) is 14.8. The minimum atomic E-state index is -0.547. The average Bonchev–Trinajstić information content (AvgIpc) is 3.33. The van der Waals surface area contributed by atoms with Crippen molar-refractivity contribution in [1.29, 1.82) is 0 Å². The zero-order chi connectivity index (χ0) is 35.8. The molecule has 49 heavy (non-hydrogen) atoms. The van der Waals surface area contributed by atoms with Crippen molar-refractivity contribution in [3.05, 3.63) is 34.9 Å². The number of hydrogen-bond donors (Lipinski definition) is 2. The number of hydrogen-bond acceptors (Lipinski definition) is 13. The Morgan fingerprint density at radius 1 is 0.959 bits per heavy atom. The third kappa shape index (κ3) is 10.9. The lowest BCUT2D eigenvalue weighted by Crippen LogP contribution is -2.50. The second-order valence-electron chi connectivity index (χ2n) is 13.9. The fourth-order valence-corrected chi connectivity index (χ4v) is 5.16. The van der Waals surface area contributed by atoms with Gasteiger partial charge >= 0.3 is 18.1 Å². The van der Waals surface area contributed by atoms with Crippen LogP contribution in [-0.2, 0) is 36.8 Å². The van der Waals surface area contributed by atoms with Crippen LogP contribution in [0, 0.1) is 0 Å². The Kier molecular flexibility index (Phi) is 12.6. The van der Waals surface area contributed by atoms with Crippen molar-refractivity contribution in [2.75, 3.05) is 66.0 Å². The van der Waals surface area contributed by atoms with E-state index in [0.717, 1.165) is 16.7 Å². The summed E-state index contributed by atoms with van der Waals surface area (Å²) in [5.41, 5.74) is 9.24. The number of imidazole rings is 1. The third-order valence-corrected chi connectivity index (χ3v) is 7.43. The lowest BCUT2D eigenvalue weighted by atomic mass is 9.89. The van der Waals surface area contributed by atoms with E-state index in [9.17, 15) is 9.59 Å². The number of rotatable bonds is 16. The van der Waals surface area contributed by atoms with Gasteiger partial charge in [0.25, 0.3) is 6.01 Å². The van der Waals surface area contributed by atoms with Crippen LogP contribution >= 0.6 is 0 Å². The number of nitrogens with zero attached hydrogens (tertiary/aromatic N) is 5. The van der Waals surface area contributed by atoms with Crippen molar-refractivity contribution in [3.8, 4) is 12.0 Å². The van der Waals surface area contributed by atoms with E-state index < -0.39 is 11.2 Å². The van der Waals surface area contributed by atoms with E-state index in [2.05, 4.69) is 38.5 Å². The minimum Gasteiger partial charge on any atom is -0.468 e. The van der Waals surface area contributed by atoms with Crippen molar-refractivity contribution in [1.82, 2.24) is 29.7 Å². The summed E-state index contributed by atoms with van der Waals surface area (Å²) in [6, 6.07) is 6.80. The number of carbonyl (C=O) groups excluding carboxylic acids is 2. The van der Waals surface area contributed by atoms with E-state index in [-0.39, 0.29) is 43.0 Å². The van der Waals surface area contributed by atoms with Crippen molar-refractivity contribution in [2.45, 2.75) is 78.2 Å². The number of fused-ring (bicyclic) bond motifs is 1. The van der Waals surface area contributed by atoms with Gasteiger partial charge in [0.05, 0.1) is 20.3 Å². The maximum Gasteiger partial charge on any atom is 0.410 e. The topological polar surface area (TPSA) is 174 Å². The molecule has 4 rings (SSSR count).